The average molecular weight is 304 g/mol. The minimum absolute atomic E-state index is 0.0124. The Morgan fingerprint density at radius 2 is 1.71 bits per heavy atom. The first-order chi connectivity index (χ1) is 9.35. The Bertz CT molecular complexity index is 477. The zero-order chi connectivity index (χ0) is 16.5. The van der Waals surface area contributed by atoms with Gasteiger partial charge in [0.15, 0.2) is 5.60 Å². The number of hydrogen-bond donors (Lipinski definition) is 1. The second-order valence-electron chi connectivity index (χ2n) is 6.53. The first kappa shape index (κ1) is 17.8. The van der Waals surface area contributed by atoms with Gasteiger partial charge in [0.1, 0.15) is 5.75 Å². The average Bonchev–Trinajstić information content (AvgIpc) is 2.25. The van der Waals surface area contributed by atoms with Crippen molar-refractivity contribution in [1.82, 2.24) is 0 Å². The second kappa shape index (κ2) is 5.87. The highest BCUT2D eigenvalue weighted by Crippen LogP contribution is 2.41. The molecule has 0 aromatic heterocycles. The Kier molecular flexibility index (Phi) is 4.98. The van der Waals surface area contributed by atoms with Crippen molar-refractivity contribution in [2.24, 2.45) is 0 Å². The van der Waals surface area contributed by atoms with E-state index in [1.807, 2.05) is 13.8 Å². The van der Waals surface area contributed by atoms with Crippen LogP contribution >= 0.6 is 0 Å². The summed E-state index contributed by atoms with van der Waals surface area (Å²) in [6.45, 7) is 7.94. The third kappa shape index (κ3) is 4.63. The van der Waals surface area contributed by atoms with Crippen LogP contribution in [0.3, 0.4) is 0 Å². The molecule has 0 spiro atoms. The van der Waals surface area contributed by atoms with Gasteiger partial charge in [-0.1, -0.05) is 26.0 Å². The van der Waals surface area contributed by atoms with Gasteiger partial charge in [0.25, 0.3) is 0 Å². The first-order valence-corrected chi connectivity index (χ1v) is 6.91. The predicted molar refractivity (Wildman–Crippen MR) is 76.5 cm³/mol. The number of hydrogen-bond acceptors (Lipinski definition) is 2. The molecule has 0 aliphatic rings. The van der Waals surface area contributed by atoms with E-state index in [4.69, 9.17) is 4.74 Å². The number of alkyl halides is 3. The molecule has 1 N–H and O–H groups in total. The van der Waals surface area contributed by atoms with E-state index in [-0.39, 0.29) is 6.10 Å². The monoisotopic (exact) mass is 304 g/mol. The van der Waals surface area contributed by atoms with Gasteiger partial charge in [-0.15, -0.1) is 0 Å². The normalized spacial score (nSPS) is 15.9. The van der Waals surface area contributed by atoms with Crippen molar-refractivity contribution in [3.05, 3.63) is 29.8 Å². The van der Waals surface area contributed by atoms with Crippen LogP contribution < -0.4 is 4.74 Å². The highest BCUT2D eigenvalue weighted by molar-refractivity contribution is 5.33. The van der Waals surface area contributed by atoms with Crippen LogP contribution in [0.1, 0.15) is 46.6 Å². The van der Waals surface area contributed by atoms with E-state index in [1.54, 1.807) is 38.1 Å². The largest absolute Gasteiger partial charge is 0.491 e. The molecule has 1 unspecified atom stereocenters. The number of rotatable bonds is 5. The van der Waals surface area contributed by atoms with E-state index in [0.717, 1.165) is 6.92 Å². The summed E-state index contributed by atoms with van der Waals surface area (Å²) >= 11 is 0. The van der Waals surface area contributed by atoms with Gasteiger partial charge < -0.3 is 9.84 Å². The quantitative estimate of drug-likeness (QED) is 0.870. The van der Waals surface area contributed by atoms with E-state index in [0.29, 0.717) is 11.3 Å². The SMILES string of the molecule is CC(C)Oc1cccc(C(C)(C)CC(C)(O)C(F)(F)F)c1. The van der Waals surface area contributed by atoms with Gasteiger partial charge in [-0.2, -0.15) is 13.2 Å². The summed E-state index contributed by atoms with van der Waals surface area (Å²) in [5, 5.41) is 9.71. The van der Waals surface area contributed by atoms with Crippen LogP contribution in [0.5, 0.6) is 5.75 Å². The van der Waals surface area contributed by atoms with Crippen LogP contribution in [0.4, 0.5) is 13.2 Å². The van der Waals surface area contributed by atoms with Crippen molar-refractivity contribution < 1.29 is 23.0 Å². The maximum absolute atomic E-state index is 12.9. The highest BCUT2D eigenvalue weighted by atomic mass is 19.4. The lowest BCUT2D eigenvalue weighted by molar-refractivity contribution is -0.259. The van der Waals surface area contributed by atoms with E-state index < -0.39 is 23.6 Å². The van der Waals surface area contributed by atoms with Crippen LogP contribution in [-0.4, -0.2) is 23.0 Å². The van der Waals surface area contributed by atoms with Crippen LogP contribution in [0.2, 0.25) is 0 Å². The smallest absolute Gasteiger partial charge is 0.416 e. The van der Waals surface area contributed by atoms with E-state index >= 15 is 0 Å². The molecule has 0 bridgehead atoms. The lowest BCUT2D eigenvalue weighted by Gasteiger charge is -2.35. The summed E-state index contributed by atoms with van der Waals surface area (Å²) in [5.74, 6) is 0.613. The Morgan fingerprint density at radius 3 is 2.19 bits per heavy atom. The molecule has 1 aromatic rings. The van der Waals surface area contributed by atoms with Crippen LogP contribution in [0.15, 0.2) is 24.3 Å². The summed E-state index contributed by atoms with van der Waals surface area (Å²) < 4.78 is 44.1. The van der Waals surface area contributed by atoms with Gasteiger partial charge >= 0.3 is 6.18 Å². The second-order valence-corrected chi connectivity index (χ2v) is 6.53. The lowest BCUT2D eigenvalue weighted by Crippen LogP contribution is -2.46. The molecular formula is C16H23F3O2. The predicted octanol–water partition coefficient (Wildman–Crippen LogP) is 4.45. The summed E-state index contributed by atoms with van der Waals surface area (Å²) in [5.41, 5.74) is -2.87. The van der Waals surface area contributed by atoms with Crippen molar-refractivity contribution in [3.8, 4) is 5.75 Å². The summed E-state index contributed by atoms with van der Waals surface area (Å²) in [6.07, 6.45) is -5.09. The van der Waals surface area contributed by atoms with Crippen molar-refractivity contribution in [2.75, 3.05) is 0 Å². The zero-order valence-corrected chi connectivity index (χ0v) is 13.1. The topological polar surface area (TPSA) is 29.5 Å². The summed E-state index contributed by atoms with van der Waals surface area (Å²) in [6, 6.07) is 6.99. The molecular weight excluding hydrogens is 281 g/mol. The van der Waals surface area contributed by atoms with Gasteiger partial charge in [-0.3, -0.25) is 0 Å². The van der Waals surface area contributed by atoms with Gasteiger partial charge in [-0.25, -0.2) is 0 Å². The zero-order valence-electron chi connectivity index (χ0n) is 13.1. The summed E-state index contributed by atoms with van der Waals surface area (Å²) in [4.78, 5) is 0. The third-order valence-electron chi connectivity index (χ3n) is 3.38. The van der Waals surface area contributed by atoms with Crippen LogP contribution in [0, 0.1) is 0 Å². The molecule has 0 radical (unpaired) electrons. The third-order valence-corrected chi connectivity index (χ3v) is 3.38. The molecule has 120 valence electrons. The molecule has 0 aliphatic carbocycles. The molecule has 0 saturated carbocycles. The standard InChI is InChI=1S/C16H23F3O2/c1-11(2)21-13-8-6-7-12(9-13)14(3,4)10-15(5,20)16(17,18)19/h6-9,11,20H,10H2,1-5H3. The van der Waals surface area contributed by atoms with E-state index in [1.165, 1.54) is 0 Å². The first-order valence-electron chi connectivity index (χ1n) is 6.91. The minimum atomic E-state index is -4.66. The number of ether oxygens (including phenoxy) is 1. The number of halogens is 3. The minimum Gasteiger partial charge on any atom is -0.491 e. The molecule has 0 aliphatic heterocycles. The fraction of sp³-hybridized carbons (Fsp3) is 0.625. The maximum Gasteiger partial charge on any atom is 0.416 e. The fourth-order valence-corrected chi connectivity index (χ4v) is 2.33. The molecule has 21 heavy (non-hydrogen) atoms. The van der Waals surface area contributed by atoms with Crippen molar-refractivity contribution in [1.29, 1.82) is 0 Å². The van der Waals surface area contributed by atoms with Gasteiger partial charge in [0.2, 0.25) is 0 Å². The molecule has 0 heterocycles. The Balaban J connectivity index is 3.02. The van der Waals surface area contributed by atoms with Crippen LogP contribution in [-0.2, 0) is 5.41 Å². The van der Waals surface area contributed by atoms with Crippen LogP contribution in [0.25, 0.3) is 0 Å². The lowest BCUT2D eigenvalue weighted by atomic mass is 9.75. The Hall–Kier alpha value is -1.23. The number of benzene rings is 1. The molecule has 0 fully saturated rings. The highest BCUT2D eigenvalue weighted by Gasteiger charge is 2.52. The molecule has 1 aromatic carbocycles. The van der Waals surface area contributed by atoms with Crippen molar-refractivity contribution in [3.63, 3.8) is 0 Å². The molecule has 5 heteroatoms. The van der Waals surface area contributed by atoms with Gasteiger partial charge in [0, 0.05) is 0 Å². The van der Waals surface area contributed by atoms with E-state index in [9.17, 15) is 18.3 Å². The fourth-order valence-electron chi connectivity index (χ4n) is 2.33. The molecule has 1 rings (SSSR count). The molecule has 0 amide bonds. The van der Waals surface area contributed by atoms with Crippen molar-refractivity contribution >= 4 is 0 Å². The van der Waals surface area contributed by atoms with Gasteiger partial charge in [-0.05, 0) is 50.3 Å². The molecule has 0 saturated heterocycles. The number of aliphatic hydroxyl groups is 1. The van der Waals surface area contributed by atoms with Crippen molar-refractivity contribution in [2.45, 2.75) is 64.3 Å². The van der Waals surface area contributed by atoms with Gasteiger partial charge in [0.05, 0.1) is 6.10 Å². The summed E-state index contributed by atoms with van der Waals surface area (Å²) in [7, 11) is 0. The Labute approximate surface area is 123 Å². The maximum atomic E-state index is 12.9. The Morgan fingerprint density at radius 1 is 1.14 bits per heavy atom. The molecule has 2 nitrogen and oxygen atoms in total. The van der Waals surface area contributed by atoms with E-state index in [2.05, 4.69) is 0 Å². The molecule has 1 atom stereocenters.